The van der Waals surface area contributed by atoms with Gasteiger partial charge in [0.1, 0.15) is 0 Å². The molecule has 0 aliphatic heterocycles. The molecule has 0 aliphatic carbocycles. The summed E-state index contributed by atoms with van der Waals surface area (Å²) in [7, 11) is 0. The molecule has 0 bridgehead atoms. The number of carbonyl (C=O) groups excluding carboxylic acids is 1. The second-order valence-electron chi connectivity index (χ2n) is 7.40. The van der Waals surface area contributed by atoms with E-state index in [1.54, 1.807) is 11.8 Å². The van der Waals surface area contributed by atoms with E-state index in [0.29, 0.717) is 16.0 Å². The van der Waals surface area contributed by atoms with Crippen molar-refractivity contribution in [3.8, 4) is 17.1 Å². The number of para-hydroxylation sites is 2. The molecule has 0 spiro atoms. The molecule has 34 heavy (non-hydrogen) atoms. The number of aromatic amines is 1. The fraction of sp³-hybridized carbons (Fsp3) is 0.0800. The number of fused-ring (bicyclic) bond motifs is 1. The van der Waals surface area contributed by atoms with Crippen LogP contribution in [0.2, 0.25) is 5.02 Å². The molecular formula is C25H20ClN5OS2. The SMILES string of the molecule is CSc1ccccc1NC(=O)CSc1nnc(-c2c[nH]c3ccccc23)n1-c1ccc(Cl)cc1. The molecule has 2 heterocycles. The predicted molar refractivity (Wildman–Crippen MR) is 141 cm³/mol. The largest absolute Gasteiger partial charge is 0.360 e. The molecule has 5 rings (SSSR count). The van der Waals surface area contributed by atoms with Gasteiger partial charge in [-0.3, -0.25) is 9.36 Å². The Bertz CT molecular complexity index is 1460. The van der Waals surface area contributed by atoms with Crippen molar-refractivity contribution in [2.24, 2.45) is 0 Å². The number of benzene rings is 3. The van der Waals surface area contributed by atoms with Gasteiger partial charge in [-0.15, -0.1) is 22.0 Å². The predicted octanol–water partition coefficient (Wildman–Crippen LogP) is 6.52. The molecule has 170 valence electrons. The van der Waals surface area contributed by atoms with Crippen molar-refractivity contribution >= 4 is 57.6 Å². The Labute approximate surface area is 210 Å². The Morgan fingerprint density at radius 1 is 1.03 bits per heavy atom. The van der Waals surface area contributed by atoms with E-state index in [2.05, 4.69) is 20.5 Å². The Morgan fingerprint density at radius 2 is 1.79 bits per heavy atom. The Morgan fingerprint density at radius 3 is 2.62 bits per heavy atom. The number of aromatic nitrogens is 4. The second kappa shape index (κ2) is 9.97. The highest BCUT2D eigenvalue weighted by Gasteiger charge is 2.20. The first-order valence-electron chi connectivity index (χ1n) is 10.5. The summed E-state index contributed by atoms with van der Waals surface area (Å²) in [6.45, 7) is 0. The summed E-state index contributed by atoms with van der Waals surface area (Å²) in [5, 5.41) is 14.2. The number of carbonyl (C=O) groups is 1. The van der Waals surface area contributed by atoms with Gasteiger partial charge in [0.25, 0.3) is 0 Å². The number of hydrogen-bond donors (Lipinski definition) is 2. The first-order valence-corrected chi connectivity index (χ1v) is 13.1. The molecule has 0 saturated carbocycles. The molecule has 6 nitrogen and oxygen atoms in total. The van der Waals surface area contributed by atoms with Crippen molar-refractivity contribution in [1.82, 2.24) is 19.7 Å². The van der Waals surface area contributed by atoms with Crippen molar-refractivity contribution in [1.29, 1.82) is 0 Å². The highest BCUT2D eigenvalue weighted by Crippen LogP contribution is 2.33. The van der Waals surface area contributed by atoms with Crippen molar-refractivity contribution in [2.75, 3.05) is 17.3 Å². The molecule has 0 saturated heterocycles. The van der Waals surface area contributed by atoms with Gasteiger partial charge in [0.15, 0.2) is 11.0 Å². The zero-order chi connectivity index (χ0) is 23.5. The highest BCUT2D eigenvalue weighted by molar-refractivity contribution is 7.99. The van der Waals surface area contributed by atoms with E-state index in [9.17, 15) is 4.79 Å². The molecule has 2 N–H and O–H groups in total. The monoisotopic (exact) mass is 505 g/mol. The lowest BCUT2D eigenvalue weighted by Gasteiger charge is -2.11. The maximum absolute atomic E-state index is 12.7. The summed E-state index contributed by atoms with van der Waals surface area (Å²) in [6.07, 6.45) is 3.92. The van der Waals surface area contributed by atoms with Gasteiger partial charge in [-0.05, 0) is 48.7 Å². The Kier molecular flexibility index (Phi) is 6.62. The first kappa shape index (κ1) is 22.6. The van der Waals surface area contributed by atoms with Crippen molar-refractivity contribution < 1.29 is 4.79 Å². The minimum absolute atomic E-state index is 0.106. The van der Waals surface area contributed by atoms with E-state index >= 15 is 0 Å². The molecule has 3 aromatic carbocycles. The number of hydrogen-bond acceptors (Lipinski definition) is 5. The van der Waals surface area contributed by atoms with Gasteiger partial charge in [-0.25, -0.2) is 0 Å². The number of H-pyrrole nitrogens is 1. The van der Waals surface area contributed by atoms with Crippen LogP contribution in [0.25, 0.3) is 28.0 Å². The number of halogens is 1. The fourth-order valence-corrected chi connectivity index (χ4v) is 5.11. The summed E-state index contributed by atoms with van der Waals surface area (Å²) < 4.78 is 1.96. The van der Waals surface area contributed by atoms with Crippen LogP contribution in [-0.2, 0) is 4.79 Å². The number of rotatable bonds is 7. The van der Waals surface area contributed by atoms with E-state index in [-0.39, 0.29) is 11.7 Å². The lowest BCUT2D eigenvalue weighted by Crippen LogP contribution is -2.15. The van der Waals surface area contributed by atoms with E-state index in [1.165, 1.54) is 11.8 Å². The van der Waals surface area contributed by atoms with Gasteiger partial charge >= 0.3 is 0 Å². The number of nitrogens with zero attached hydrogens (tertiary/aromatic N) is 3. The zero-order valence-corrected chi connectivity index (χ0v) is 20.5. The first-order chi connectivity index (χ1) is 16.6. The lowest BCUT2D eigenvalue weighted by molar-refractivity contribution is -0.113. The van der Waals surface area contributed by atoms with Crippen LogP contribution in [0.1, 0.15) is 0 Å². The van der Waals surface area contributed by atoms with E-state index in [1.807, 2.05) is 89.8 Å². The molecular weight excluding hydrogens is 486 g/mol. The third-order valence-electron chi connectivity index (χ3n) is 5.26. The van der Waals surface area contributed by atoms with Crippen molar-refractivity contribution in [3.63, 3.8) is 0 Å². The normalized spacial score (nSPS) is 11.1. The summed E-state index contributed by atoms with van der Waals surface area (Å²) in [5.41, 5.74) is 3.62. The zero-order valence-electron chi connectivity index (χ0n) is 18.2. The van der Waals surface area contributed by atoms with Crippen LogP contribution in [-0.4, -0.2) is 37.7 Å². The molecule has 0 fully saturated rings. The third kappa shape index (κ3) is 4.57. The molecule has 0 radical (unpaired) electrons. The van der Waals surface area contributed by atoms with Crippen molar-refractivity contribution in [2.45, 2.75) is 10.1 Å². The Hall–Kier alpha value is -3.20. The molecule has 1 amide bonds. The van der Waals surface area contributed by atoms with Crippen LogP contribution in [0.4, 0.5) is 5.69 Å². The number of nitrogens with one attached hydrogen (secondary N) is 2. The topological polar surface area (TPSA) is 75.6 Å². The molecule has 0 atom stereocenters. The van der Waals surface area contributed by atoms with Crippen LogP contribution in [0.5, 0.6) is 0 Å². The number of thioether (sulfide) groups is 2. The van der Waals surface area contributed by atoms with Gasteiger partial charge in [0.05, 0.1) is 11.4 Å². The third-order valence-corrected chi connectivity index (χ3v) is 7.24. The van der Waals surface area contributed by atoms with Crippen molar-refractivity contribution in [3.05, 3.63) is 84.0 Å². The highest BCUT2D eigenvalue weighted by atomic mass is 35.5. The van der Waals surface area contributed by atoms with Gasteiger partial charge < -0.3 is 10.3 Å². The van der Waals surface area contributed by atoms with Crippen LogP contribution in [0.15, 0.2) is 89.0 Å². The minimum Gasteiger partial charge on any atom is -0.360 e. The molecule has 0 unspecified atom stereocenters. The average molecular weight is 506 g/mol. The van der Waals surface area contributed by atoms with Gasteiger partial charge in [-0.1, -0.05) is 53.7 Å². The van der Waals surface area contributed by atoms with Crippen LogP contribution < -0.4 is 5.32 Å². The van der Waals surface area contributed by atoms with E-state index in [4.69, 9.17) is 11.6 Å². The van der Waals surface area contributed by atoms with Gasteiger partial charge in [0, 0.05) is 38.3 Å². The molecule has 0 aliphatic rings. The van der Waals surface area contributed by atoms with Gasteiger partial charge in [0.2, 0.25) is 5.91 Å². The van der Waals surface area contributed by atoms with Crippen LogP contribution in [0, 0.1) is 0 Å². The fourth-order valence-electron chi connectivity index (χ4n) is 3.68. The maximum Gasteiger partial charge on any atom is 0.234 e. The summed E-state index contributed by atoms with van der Waals surface area (Å²) >= 11 is 9.06. The van der Waals surface area contributed by atoms with Gasteiger partial charge in [-0.2, -0.15) is 0 Å². The molecule has 2 aromatic heterocycles. The maximum atomic E-state index is 12.7. The number of amides is 1. The van der Waals surface area contributed by atoms with E-state index in [0.717, 1.165) is 32.7 Å². The quantitative estimate of drug-likeness (QED) is 0.246. The molecule has 9 heteroatoms. The standard InChI is InChI=1S/C25H20ClN5OS2/c1-33-22-9-5-4-8-21(22)28-23(32)15-34-25-30-29-24(31(25)17-12-10-16(26)11-13-17)19-14-27-20-7-3-2-6-18(19)20/h2-14,27H,15H2,1H3,(H,28,32). The molecule has 5 aromatic rings. The Balaban J connectivity index is 1.46. The van der Waals surface area contributed by atoms with Crippen LogP contribution in [0.3, 0.4) is 0 Å². The lowest BCUT2D eigenvalue weighted by atomic mass is 10.1. The van der Waals surface area contributed by atoms with Crippen LogP contribution >= 0.6 is 35.1 Å². The summed E-state index contributed by atoms with van der Waals surface area (Å²) in [5.74, 6) is 0.781. The average Bonchev–Trinajstić information content (AvgIpc) is 3.47. The number of anilines is 1. The summed E-state index contributed by atoms with van der Waals surface area (Å²) in [6, 6.07) is 23.3. The summed E-state index contributed by atoms with van der Waals surface area (Å²) in [4.78, 5) is 17.1. The smallest absolute Gasteiger partial charge is 0.234 e. The van der Waals surface area contributed by atoms with E-state index < -0.39 is 0 Å². The second-order valence-corrected chi connectivity index (χ2v) is 9.63. The minimum atomic E-state index is -0.106.